The van der Waals surface area contributed by atoms with Gasteiger partial charge >= 0.3 is 5.97 Å². The molecule has 0 aromatic heterocycles. The molecule has 4 heteroatoms. The SMILES string of the molecule is CCC(CC(=O)N1CCCC(C(=O)O)C1)C(C)C. The fourth-order valence-electron chi connectivity index (χ4n) is 2.61. The predicted octanol–water partition coefficient (Wildman–Crippen LogP) is 2.38. The van der Waals surface area contributed by atoms with Gasteiger partial charge in [0, 0.05) is 19.5 Å². The number of aliphatic carboxylic acids is 1. The Bertz CT molecular complexity index is 301. The van der Waals surface area contributed by atoms with Crippen LogP contribution in [0.25, 0.3) is 0 Å². The summed E-state index contributed by atoms with van der Waals surface area (Å²) in [7, 11) is 0. The van der Waals surface area contributed by atoms with Gasteiger partial charge in [0.05, 0.1) is 5.92 Å². The number of carbonyl (C=O) groups is 2. The number of rotatable bonds is 5. The van der Waals surface area contributed by atoms with E-state index in [1.165, 1.54) is 0 Å². The number of carbonyl (C=O) groups excluding carboxylic acids is 1. The van der Waals surface area contributed by atoms with E-state index in [-0.39, 0.29) is 11.8 Å². The standard InChI is InChI=1S/C14H25NO3/c1-4-11(10(2)3)8-13(16)15-7-5-6-12(9-15)14(17)18/h10-12H,4-9H2,1-3H3,(H,17,18). The van der Waals surface area contributed by atoms with Gasteiger partial charge in [0.1, 0.15) is 0 Å². The number of likely N-dealkylation sites (tertiary alicyclic amines) is 1. The molecule has 1 aliphatic heterocycles. The maximum Gasteiger partial charge on any atom is 0.308 e. The summed E-state index contributed by atoms with van der Waals surface area (Å²) in [6.07, 6.45) is 3.06. The van der Waals surface area contributed by atoms with E-state index in [0.29, 0.717) is 31.2 Å². The van der Waals surface area contributed by atoms with Crippen LogP contribution in [0, 0.1) is 17.8 Å². The minimum atomic E-state index is -0.775. The summed E-state index contributed by atoms with van der Waals surface area (Å²) in [5.74, 6) is -0.117. The molecule has 0 aromatic rings. The van der Waals surface area contributed by atoms with Gasteiger partial charge < -0.3 is 10.0 Å². The second-order valence-electron chi connectivity index (χ2n) is 5.63. The third-order valence-corrected chi connectivity index (χ3v) is 4.03. The van der Waals surface area contributed by atoms with Crippen molar-refractivity contribution in [2.75, 3.05) is 13.1 Å². The summed E-state index contributed by atoms with van der Waals surface area (Å²) in [4.78, 5) is 24.9. The Kier molecular flexibility index (Phi) is 5.63. The fourth-order valence-corrected chi connectivity index (χ4v) is 2.61. The van der Waals surface area contributed by atoms with Crippen molar-refractivity contribution < 1.29 is 14.7 Å². The zero-order chi connectivity index (χ0) is 13.7. The average Bonchev–Trinajstić information content (AvgIpc) is 2.35. The quantitative estimate of drug-likeness (QED) is 0.820. The number of carboxylic acid groups (broad SMARTS) is 1. The first-order valence-electron chi connectivity index (χ1n) is 6.96. The van der Waals surface area contributed by atoms with Gasteiger partial charge in [0.25, 0.3) is 0 Å². The minimum Gasteiger partial charge on any atom is -0.481 e. The smallest absolute Gasteiger partial charge is 0.308 e. The molecule has 0 spiro atoms. The van der Waals surface area contributed by atoms with E-state index in [1.54, 1.807) is 4.90 Å². The molecule has 2 unspecified atom stereocenters. The summed E-state index contributed by atoms with van der Waals surface area (Å²) in [6.45, 7) is 7.49. The van der Waals surface area contributed by atoms with E-state index in [4.69, 9.17) is 5.11 Å². The van der Waals surface area contributed by atoms with E-state index in [9.17, 15) is 9.59 Å². The molecule has 0 bridgehead atoms. The van der Waals surface area contributed by atoms with Crippen LogP contribution in [0.3, 0.4) is 0 Å². The lowest BCUT2D eigenvalue weighted by Crippen LogP contribution is -2.43. The first-order chi connectivity index (χ1) is 8.45. The molecule has 1 amide bonds. The lowest BCUT2D eigenvalue weighted by molar-refractivity contribution is -0.146. The van der Waals surface area contributed by atoms with Crippen molar-refractivity contribution >= 4 is 11.9 Å². The van der Waals surface area contributed by atoms with Crippen LogP contribution in [0.5, 0.6) is 0 Å². The molecule has 104 valence electrons. The molecule has 1 fully saturated rings. The Labute approximate surface area is 109 Å². The van der Waals surface area contributed by atoms with Crippen molar-refractivity contribution in [2.45, 2.75) is 46.5 Å². The lowest BCUT2D eigenvalue weighted by atomic mass is 9.89. The Hall–Kier alpha value is -1.06. The second-order valence-corrected chi connectivity index (χ2v) is 5.63. The molecule has 1 rings (SSSR count). The maximum absolute atomic E-state index is 12.2. The highest BCUT2D eigenvalue weighted by Crippen LogP contribution is 2.23. The van der Waals surface area contributed by atoms with Gasteiger partial charge in [-0.25, -0.2) is 0 Å². The van der Waals surface area contributed by atoms with Gasteiger partial charge in [-0.15, -0.1) is 0 Å². The van der Waals surface area contributed by atoms with Crippen LogP contribution in [0.15, 0.2) is 0 Å². The molecular formula is C14H25NO3. The Balaban J connectivity index is 2.53. The topological polar surface area (TPSA) is 57.6 Å². The first kappa shape index (κ1) is 15.0. The van der Waals surface area contributed by atoms with Gasteiger partial charge in [-0.2, -0.15) is 0 Å². The molecule has 1 N–H and O–H groups in total. The minimum absolute atomic E-state index is 0.126. The van der Waals surface area contributed by atoms with Crippen LogP contribution < -0.4 is 0 Å². The highest BCUT2D eigenvalue weighted by atomic mass is 16.4. The van der Waals surface area contributed by atoms with Crippen molar-refractivity contribution in [1.82, 2.24) is 4.90 Å². The van der Waals surface area contributed by atoms with Gasteiger partial charge in [0.15, 0.2) is 0 Å². The normalized spacial score (nSPS) is 22.0. The second kappa shape index (κ2) is 6.76. The van der Waals surface area contributed by atoms with E-state index >= 15 is 0 Å². The van der Waals surface area contributed by atoms with Crippen LogP contribution in [-0.4, -0.2) is 35.0 Å². The zero-order valence-corrected chi connectivity index (χ0v) is 11.7. The van der Waals surface area contributed by atoms with Gasteiger partial charge in [-0.1, -0.05) is 27.2 Å². The van der Waals surface area contributed by atoms with Crippen LogP contribution >= 0.6 is 0 Å². The molecular weight excluding hydrogens is 230 g/mol. The third-order valence-electron chi connectivity index (χ3n) is 4.03. The summed E-state index contributed by atoms with van der Waals surface area (Å²) in [5, 5.41) is 9.02. The summed E-state index contributed by atoms with van der Waals surface area (Å²) in [5.41, 5.74) is 0. The molecule has 0 radical (unpaired) electrons. The van der Waals surface area contributed by atoms with E-state index in [1.807, 2.05) is 0 Å². The molecule has 1 heterocycles. The van der Waals surface area contributed by atoms with Gasteiger partial charge in [0.2, 0.25) is 5.91 Å². The largest absolute Gasteiger partial charge is 0.481 e. The molecule has 0 saturated carbocycles. The number of nitrogens with zero attached hydrogens (tertiary/aromatic N) is 1. The highest BCUT2D eigenvalue weighted by Gasteiger charge is 2.29. The fraction of sp³-hybridized carbons (Fsp3) is 0.857. The summed E-state index contributed by atoms with van der Waals surface area (Å²) < 4.78 is 0. The number of hydrogen-bond acceptors (Lipinski definition) is 2. The third kappa shape index (κ3) is 4.00. The van der Waals surface area contributed by atoms with Crippen molar-refractivity contribution in [1.29, 1.82) is 0 Å². The molecule has 4 nitrogen and oxygen atoms in total. The molecule has 0 aromatic carbocycles. The van der Waals surface area contributed by atoms with Crippen LogP contribution in [0.2, 0.25) is 0 Å². The predicted molar refractivity (Wildman–Crippen MR) is 70.2 cm³/mol. The van der Waals surface area contributed by atoms with Crippen molar-refractivity contribution in [3.05, 3.63) is 0 Å². The monoisotopic (exact) mass is 255 g/mol. The zero-order valence-electron chi connectivity index (χ0n) is 11.7. The Morgan fingerprint density at radius 2 is 2.06 bits per heavy atom. The van der Waals surface area contributed by atoms with Gasteiger partial charge in [-0.3, -0.25) is 9.59 Å². The highest BCUT2D eigenvalue weighted by molar-refractivity contribution is 5.78. The van der Waals surface area contributed by atoms with Gasteiger partial charge in [-0.05, 0) is 24.7 Å². The van der Waals surface area contributed by atoms with Crippen molar-refractivity contribution in [2.24, 2.45) is 17.8 Å². The first-order valence-corrected chi connectivity index (χ1v) is 6.96. The van der Waals surface area contributed by atoms with Crippen LogP contribution in [-0.2, 0) is 9.59 Å². The molecule has 18 heavy (non-hydrogen) atoms. The van der Waals surface area contributed by atoms with E-state index in [2.05, 4.69) is 20.8 Å². The molecule has 1 aliphatic rings. The Morgan fingerprint density at radius 1 is 1.39 bits per heavy atom. The van der Waals surface area contributed by atoms with Crippen LogP contribution in [0.4, 0.5) is 0 Å². The van der Waals surface area contributed by atoms with Crippen molar-refractivity contribution in [3.63, 3.8) is 0 Å². The molecule has 0 aliphatic carbocycles. The van der Waals surface area contributed by atoms with E-state index in [0.717, 1.165) is 19.4 Å². The van der Waals surface area contributed by atoms with Crippen molar-refractivity contribution in [3.8, 4) is 0 Å². The summed E-state index contributed by atoms with van der Waals surface area (Å²) >= 11 is 0. The number of hydrogen-bond donors (Lipinski definition) is 1. The molecule has 1 saturated heterocycles. The number of amides is 1. The van der Waals surface area contributed by atoms with Crippen LogP contribution in [0.1, 0.15) is 46.5 Å². The number of piperidine rings is 1. The lowest BCUT2D eigenvalue weighted by Gasteiger charge is -2.32. The molecule has 2 atom stereocenters. The number of carboxylic acids is 1. The maximum atomic E-state index is 12.2. The van der Waals surface area contributed by atoms with E-state index < -0.39 is 5.97 Å². The average molecular weight is 255 g/mol. The Morgan fingerprint density at radius 3 is 2.56 bits per heavy atom. The summed E-state index contributed by atoms with van der Waals surface area (Å²) in [6, 6.07) is 0.